The Balaban J connectivity index is 4.13. The monoisotopic (exact) mass is 272 g/mol. The predicted octanol–water partition coefficient (Wildman–Crippen LogP) is 2.75. The molecule has 2 unspecified atom stereocenters. The fourth-order valence-electron chi connectivity index (χ4n) is 1.71. The van der Waals surface area contributed by atoms with E-state index in [1.165, 1.54) is 6.92 Å². The minimum atomic E-state index is -1.21. The van der Waals surface area contributed by atoms with Gasteiger partial charge in [0, 0.05) is 6.04 Å². The van der Waals surface area contributed by atoms with Crippen LogP contribution in [0.15, 0.2) is 0 Å². The van der Waals surface area contributed by atoms with Crippen molar-refractivity contribution in [3.8, 4) is 0 Å². The lowest BCUT2D eigenvalue weighted by atomic mass is 9.99. The Hall–Kier alpha value is -1.26. The number of aliphatic carboxylic acids is 1. The van der Waals surface area contributed by atoms with E-state index in [-0.39, 0.29) is 6.04 Å². The molecule has 2 atom stereocenters. The van der Waals surface area contributed by atoms with Gasteiger partial charge in [-0.05, 0) is 32.6 Å². The highest BCUT2D eigenvalue weighted by Crippen LogP contribution is 2.10. The van der Waals surface area contributed by atoms with Crippen molar-refractivity contribution in [3.63, 3.8) is 0 Å². The fraction of sp³-hybridized carbons (Fsp3) is 0.857. The van der Waals surface area contributed by atoms with E-state index in [1.54, 1.807) is 6.92 Å². The molecule has 112 valence electrons. The Morgan fingerprint density at radius 1 is 1.21 bits per heavy atom. The molecule has 0 bridgehead atoms. The Bertz CT molecular complexity index is 305. The number of carboxylic acid groups (broad SMARTS) is 1. The molecule has 5 nitrogen and oxygen atoms in total. The number of carboxylic acids is 1. The second-order valence-electron chi connectivity index (χ2n) is 5.82. The maximum atomic E-state index is 11.7. The lowest BCUT2D eigenvalue weighted by Gasteiger charge is -2.26. The molecule has 0 aliphatic carbocycles. The third-order valence-corrected chi connectivity index (χ3v) is 3.36. The number of rotatable bonds is 8. The molecule has 0 saturated heterocycles. The van der Waals surface area contributed by atoms with Crippen molar-refractivity contribution in [2.24, 2.45) is 5.92 Å². The second-order valence-corrected chi connectivity index (χ2v) is 5.82. The molecule has 5 heteroatoms. The van der Waals surface area contributed by atoms with Crippen LogP contribution in [0.25, 0.3) is 0 Å². The van der Waals surface area contributed by atoms with Gasteiger partial charge in [0.1, 0.15) is 5.54 Å². The van der Waals surface area contributed by atoms with Crippen molar-refractivity contribution in [1.82, 2.24) is 10.6 Å². The van der Waals surface area contributed by atoms with Gasteiger partial charge in [-0.3, -0.25) is 0 Å². The zero-order valence-electron chi connectivity index (χ0n) is 12.7. The molecule has 0 aromatic rings. The second kappa shape index (κ2) is 8.02. The van der Waals surface area contributed by atoms with Gasteiger partial charge in [0.25, 0.3) is 0 Å². The van der Waals surface area contributed by atoms with Crippen LogP contribution in [0.2, 0.25) is 0 Å². The van der Waals surface area contributed by atoms with Crippen LogP contribution in [0.1, 0.15) is 60.3 Å². The smallest absolute Gasteiger partial charge is 0.329 e. The molecule has 0 aliphatic heterocycles. The standard InChI is InChI=1S/C14H28N2O3/c1-6-14(5,12(17)18)16-13(19)15-11(4)9-7-8-10(2)3/h10-11H,6-9H2,1-5H3,(H,17,18)(H2,15,16,19). The Kier molecular flexibility index (Phi) is 7.49. The van der Waals surface area contributed by atoms with Crippen LogP contribution >= 0.6 is 0 Å². The van der Waals surface area contributed by atoms with Gasteiger partial charge in [-0.2, -0.15) is 0 Å². The maximum Gasteiger partial charge on any atom is 0.329 e. The van der Waals surface area contributed by atoms with E-state index in [2.05, 4.69) is 24.5 Å². The summed E-state index contributed by atoms with van der Waals surface area (Å²) in [5.74, 6) is -0.353. The van der Waals surface area contributed by atoms with Gasteiger partial charge in [-0.25, -0.2) is 9.59 Å². The number of urea groups is 1. The molecular weight excluding hydrogens is 244 g/mol. The van der Waals surface area contributed by atoms with Gasteiger partial charge in [0.2, 0.25) is 0 Å². The summed E-state index contributed by atoms with van der Waals surface area (Å²) in [7, 11) is 0. The summed E-state index contributed by atoms with van der Waals surface area (Å²) < 4.78 is 0. The number of nitrogens with one attached hydrogen (secondary N) is 2. The van der Waals surface area contributed by atoms with E-state index in [0.717, 1.165) is 19.3 Å². The normalized spacial score (nSPS) is 15.7. The molecule has 0 aliphatic rings. The first-order valence-electron chi connectivity index (χ1n) is 7.03. The van der Waals surface area contributed by atoms with Gasteiger partial charge in [-0.1, -0.05) is 33.6 Å². The van der Waals surface area contributed by atoms with Crippen LogP contribution in [0.5, 0.6) is 0 Å². The van der Waals surface area contributed by atoms with Crippen LogP contribution in [-0.4, -0.2) is 28.7 Å². The summed E-state index contributed by atoms with van der Waals surface area (Å²) >= 11 is 0. The quantitative estimate of drug-likeness (QED) is 0.635. The van der Waals surface area contributed by atoms with Crippen molar-refractivity contribution in [2.45, 2.75) is 71.9 Å². The van der Waals surface area contributed by atoms with Gasteiger partial charge in [0.05, 0.1) is 0 Å². The number of carbonyl (C=O) groups excluding carboxylic acids is 1. The number of amides is 2. The zero-order valence-corrected chi connectivity index (χ0v) is 12.7. The van der Waals surface area contributed by atoms with Crippen LogP contribution in [0.3, 0.4) is 0 Å². The molecule has 0 spiro atoms. The third kappa shape index (κ3) is 7.03. The summed E-state index contributed by atoms with van der Waals surface area (Å²) in [5.41, 5.74) is -1.21. The molecule has 0 aromatic heterocycles. The minimum absolute atomic E-state index is 0.0497. The highest BCUT2D eigenvalue weighted by molar-refractivity contribution is 5.85. The van der Waals surface area contributed by atoms with Crippen molar-refractivity contribution in [3.05, 3.63) is 0 Å². The topological polar surface area (TPSA) is 78.4 Å². The summed E-state index contributed by atoms with van der Waals surface area (Å²) in [6.07, 6.45) is 3.44. The van der Waals surface area contributed by atoms with Gasteiger partial charge >= 0.3 is 12.0 Å². The summed E-state index contributed by atoms with van der Waals surface area (Å²) in [6.45, 7) is 9.53. The van der Waals surface area contributed by atoms with Crippen molar-refractivity contribution in [1.29, 1.82) is 0 Å². The maximum absolute atomic E-state index is 11.7. The lowest BCUT2D eigenvalue weighted by molar-refractivity contribution is -0.143. The van der Waals surface area contributed by atoms with E-state index >= 15 is 0 Å². The molecule has 0 saturated carbocycles. The lowest BCUT2D eigenvalue weighted by Crippen LogP contribution is -2.56. The van der Waals surface area contributed by atoms with Gasteiger partial charge in [0.15, 0.2) is 0 Å². The van der Waals surface area contributed by atoms with Crippen LogP contribution in [-0.2, 0) is 4.79 Å². The highest BCUT2D eigenvalue weighted by Gasteiger charge is 2.32. The average Bonchev–Trinajstić information content (AvgIpc) is 2.27. The van der Waals surface area contributed by atoms with Gasteiger partial charge in [-0.15, -0.1) is 0 Å². The van der Waals surface area contributed by atoms with E-state index in [0.29, 0.717) is 12.3 Å². The Morgan fingerprint density at radius 3 is 2.21 bits per heavy atom. The SMILES string of the molecule is CCC(C)(NC(=O)NC(C)CCCC(C)C)C(=O)O. The van der Waals surface area contributed by atoms with Crippen LogP contribution in [0.4, 0.5) is 4.79 Å². The largest absolute Gasteiger partial charge is 0.480 e. The van der Waals surface area contributed by atoms with E-state index in [1.807, 2.05) is 6.92 Å². The first-order valence-corrected chi connectivity index (χ1v) is 7.03. The zero-order chi connectivity index (χ0) is 15.1. The predicted molar refractivity (Wildman–Crippen MR) is 76.2 cm³/mol. The van der Waals surface area contributed by atoms with Crippen molar-refractivity contribution < 1.29 is 14.7 Å². The van der Waals surface area contributed by atoms with E-state index < -0.39 is 17.5 Å². The summed E-state index contributed by atoms with van der Waals surface area (Å²) in [6, 6.07) is -0.363. The molecule has 0 aromatic carbocycles. The van der Waals surface area contributed by atoms with E-state index in [9.17, 15) is 9.59 Å². The molecule has 2 amide bonds. The van der Waals surface area contributed by atoms with E-state index in [4.69, 9.17) is 5.11 Å². The Morgan fingerprint density at radius 2 is 1.79 bits per heavy atom. The number of hydrogen-bond donors (Lipinski definition) is 3. The molecular formula is C14H28N2O3. The molecule has 19 heavy (non-hydrogen) atoms. The number of hydrogen-bond acceptors (Lipinski definition) is 2. The molecule has 0 heterocycles. The molecule has 0 fully saturated rings. The van der Waals surface area contributed by atoms with Crippen LogP contribution < -0.4 is 10.6 Å². The first-order chi connectivity index (χ1) is 8.71. The van der Waals surface area contributed by atoms with Crippen LogP contribution in [0, 0.1) is 5.92 Å². The summed E-state index contributed by atoms with van der Waals surface area (Å²) in [5, 5.41) is 14.4. The summed E-state index contributed by atoms with van der Waals surface area (Å²) in [4.78, 5) is 22.8. The van der Waals surface area contributed by atoms with Crippen molar-refractivity contribution in [2.75, 3.05) is 0 Å². The first kappa shape index (κ1) is 17.7. The van der Waals surface area contributed by atoms with Crippen molar-refractivity contribution >= 4 is 12.0 Å². The minimum Gasteiger partial charge on any atom is -0.480 e. The average molecular weight is 272 g/mol. The highest BCUT2D eigenvalue weighted by atomic mass is 16.4. The molecule has 3 N–H and O–H groups in total. The fourth-order valence-corrected chi connectivity index (χ4v) is 1.71. The number of carbonyl (C=O) groups is 2. The Labute approximate surface area is 116 Å². The molecule has 0 radical (unpaired) electrons. The third-order valence-electron chi connectivity index (χ3n) is 3.36. The van der Waals surface area contributed by atoms with Gasteiger partial charge < -0.3 is 15.7 Å². The molecule has 0 rings (SSSR count).